The molecule has 1 aliphatic carbocycles. The standard InChI is InChI=1S/C58H58N6O14S2/c1-30-31(2)50(70)48(32(3)49(30)69)57(4,5)28-47(68)63(6)22-23-64(56(75)76-36-14-18-41-45(27-36)80-53(61-41)52-62-42(29-79-52)54(72)73)21-9-7-8-10-46(67)59-19-20-60-51(71)33-11-15-38-37(24-33)55(74)78-58(38)39-16-12-34(65)25-43(39)77-44-26-35(66)13-17-40(44)58/h11-18,24-27,42,65-66H,7-10,19-23,28-29H2,1-6H3,(H,59,67)(H,60,71)(H,72,73). The molecule has 20 nitrogen and oxygen atoms in total. The summed E-state index contributed by atoms with van der Waals surface area (Å²) < 4.78 is 18.7. The first-order valence-corrected chi connectivity index (χ1v) is 27.7. The molecule has 22 heteroatoms. The molecule has 4 aliphatic rings. The number of aromatic nitrogens is 1. The van der Waals surface area contributed by atoms with Crippen molar-refractivity contribution in [1.82, 2.24) is 25.4 Å². The van der Waals surface area contributed by atoms with Gasteiger partial charge in [-0.2, -0.15) is 0 Å². The summed E-state index contributed by atoms with van der Waals surface area (Å²) in [5.74, 6) is -2.39. The number of nitrogens with one attached hydrogen (secondary N) is 2. The Morgan fingerprint density at radius 3 is 2.16 bits per heavy atom. The Hall–Kier alpha value is -8.37. The number of carboxylic acid groups (broad SMARTS) is 1. The molecule has 0 saturated carbocycles. The minimum Gasteiger partial charge on any atom is -0.508 e. The van der Waals surface area contributed by atoms with Crippen LogP contribution < -0.4 is 20.1 Å². The highest BCUT2D eigenvalue weighted by Crippen LogP contribution is 2.57. The fourth-order valence-corrected chi connectivity index (χ4v) is 12.3. The minimum absolute atomic E-state index is 0.0715. The molecule has 5 aromatic rings. The number of esters is 1. The lowest BCUT2D eigenvalue weighted by Crippen LogP contribution is -2.42. The third-order valence-corrected chi connectivity index (χ3v) is 16.8. The van der Waals surface area contributed by atoms with Gasteiger partial charge in [-0.3, -0.25) is 29.0 Å². The smallest absolute Gasteiger partial charge is 0.415 e. The van der Waals surface area contributed by atoms with Crippen LogP contribution in [0.2, 0.25) is 0 Å². The van der Waals surface area contributed by atoms with Gasteiger partial charge in [0.05, 0.1) is 15.8 Å². The van der Waals surface area contributed by atoms with Gasteiger partial charge in [0, 0.05) is 127 Å². The molecule has 80 heavy (non-hydrogen) atoms. The van der Waals surface area contributed by atoms with Gasteiger partial charge in [-0.05, 0) is 82.1 Å². The van der Waals surface area contributed by atoms with Crippen LogP contribution in [0.4, 0.5) is 4.79 Å². The van der Waals surface area contributed by atoms with E-state index in [4.69, 9.17) is 14.2 Å². The molecule has 9 rings (SSSR count). The number of ketones is 2. The van der Waals surface area contributed by atoms with Gasteiger partial charge in [0.2, 0.25) is 11.8 Å². The number of allylic oxidation sites excluding steroid dienone is 4. The highest BCUT2D eigenvalue weighted by molar-refractivity contribution is 8.15. The van der Waals surface area contributed by atoms with E-state index in [9.17, 15) is 53.7 Å². The number of unbranched alkanes of at least 4 members (excludes halogenated alkanes) is 2. The number of amides is 4. The van der Waals surface area contributed by atoms with Gasteiger partial charge < -0.3 is 50.0 Å². The quantitative estimate of drug-likeness (QED) is 0.0299. The number of carboxylic acids is 1. The van der Waals surface area contributed by atoms with E-state index in [2.05, 4.69) is 20.6 Å². The van der Waals surface area contributed by atoms with E-state index < -0.39 is 41.0 Å². The van der Waals surface area contributed by atoms with E-state index >= 15 is 0 Å². The second-order valence-corrected chi connectivity index (χ2v) is 22.6. The zero-order chi connectivity index (χ0) is 57.4. The number of benzene rings is 4. The molecule has 4 heterocycles. The van der Waals surface area contributed by atoms with Gasteiger partial charge in [-0.25, -0.2) is 19.4 Å². The first-order chi connectivity index (χ1) is 38.1. The van der Waals surface area contributed by atoms with Gasteiger partial charge in [-0.1, -0.05) is 26.3 Å². The summed E-state index contributed by atoms with van der Waals surface area (Å²) in [4.78, 5) is 117. The van der Waals surface area contributed by atoms with E-state index in [1.54, 1.807) is 84.1 Å². The first kappa shape index (κ1) is 56.4. The number of likely N-dealkylation sites (N-methyl/N-ethyl adjacent to an activating group) is 1. The number of thioether (sulfide) groups is 1. The van der Waals surface area contributed by atoms with Crippen molar-refractivity contribution >= 4 is 85.7 Å². The van der Waals surface area contributed by atoms with Crippen LogP contribution in [0.3, 0.4) is 0 Å². The summed E-state index contributed by atoms with van der Waals surface area (Å²) in [5.41, 5.74) is 1.21. The lowest BCUT2D eigenvalue weighted by atomic mass is 9.71. The topological polar surface area (TPSA) is 281 Å². The maximum Gasteiger partial charge on any atom is 0.415 e. The van der Waals surface area contributed by atoms with Crippen molar-refractivity contribution in [1.29, 1.82) is 0 Å². The van der Waals surface area contributed by atoms with Crippen LogP contribution in [0.15, 0.2) is 100 Å². The third kappa shape index (κ3) is 11.3. The molecule has 0 radical (unpaired) electrons. The number of hydrogen-bond donors (Lipinski definition) is 5. The molecule has 3 aliphatic heterocycles. The summed E-state index contributed by atoms with van der Waals surface area (Å²) in [6.45, 7) is 8.97. The highest BCUT2D eigenvalue weighted by Gasteiger charge is 2.54. The summed E-state index contributed by atoms with van der Waals surface area (Å²) in [6, 6.07) is 17.6. The van der Waals surface area contributed by atoms with E-state index in [-0.39, 0.29) is 109 Å². The SMILES string of the molecule is CC1=C(C)C(=O)C(C(C)(C)CC(=O)N(C)CCN(CCCCCC(=O)NCCNC(=O)c2ccc3c(c2)C(=O)OC32c3ccc(O)cc3Oc3cc(O)ccc32)C(=O)Oc2ccc3nc(C4=NC(C(=O)O)CS4)sc3c2)=C(C)C1=O. The zero-order valence-corrected chi connectivity index (χ0v) is 46.4. The van der Waals surface area contributed by atoms with E-state index in [0.29, 0.717) is 84.3 Å². The van der Waals surface area contributed by atoms with Crippen LogP contribution in [0.1, 0.15) is 109 Å². The summed E-state index contributed by atoms with van der Waals surface area (Å²) in [5, 5.41) is 36.5. The van der Waals surface area contributed by atoms with Crippen LogP contribution in [0.25, 0.3) is 10.2 Å². The number of Topliss-reactive ketones (excluding diaryl/α,β-unsaturated/α-hetero) is 2. The van der Waals surface area contributed by atoms with Crippen LogP contribution in [-0.2, 0) is 34.3 Å². The average molecular weight is 1130 g/mol. The molecule has 1 spiro atoms. The fourth-order valence-electron chi connectivity index (χ4n) is 10.2. The zero-order valence-electron chi connectivity index (χ0n) is 44.7. The maximum atomic E-state index is 13.9. The van der Waals surface area contributed by atoms with Crippen LogP contribution >= 0.6 is 23.1 Å². The molecular formula is C58H58N6O14S2. The van der Waals surface area contributed by atoms with Crippen molar-refractivity contribution in [3.63, 3.8) is 0 Å². The predicted octanol–water partition coefficient (Wildman–Crippen LogP) is 7.81. The number of carbonyl (C=O) groups is 8. The lowest BCUT2D eigenvalue weighted by Gasteiger charge is -2.36. The van der Waals surface area contributed by atoms with Crippen LogP contribution in [0, 0.1) is 5.41 Å². The van der Waals surface area contributed by atoms with Gasteiger partial charge >= 0.3 is 18.0 Å². The maximum absolute atomic E-state index is 13.9. The summed E-state index contributed by atoms with van der Waals surface area (Å²) >= 11 is 2.61. The molecule has 4 amide bonds. The van der Waals surface area contributed by atoms with Crippen molar-refractivity contribution in [2.75, 3.05) is 45.5 Å². The molecule has 5 N–H and O–H groups in total. The van der Waals surface area contributed by atoms with E-state index in [1.165, 1.54) is 63.2 Å². The number of fused-ring (bicyclic) bond motifs is 7. The van der Waals surface area contributed by atoms with Crippen molar-refractivity contribution in [2.45, 2.75) is 78.4 Å². The number of aromatic hydroxyl groups is 2. The lowest BCUT2D eigenvalue weighted by molar-refractivity contribution is -0.138. The van der Waals surface area contributed by atoms with E-state index in [0.717, 1.165) is 0 Å². The molecule has 1 atom stereocenters. The number of rotatable bonds is 19. The Morgan fingerprint density at radius 1 is 0.800 bits per heavy atom. The number of ether oxygens (including phenoxy) is 3. The number of carbonyl (C=O) groups excluding carboxylic acids is 7. The van der Waals surface area contributed by atoms with E-state index in [1.807, 2.05) is 0 Å². The van der Waals surface area contributed by atoms with Crippen LogP contribution in [0.5, 0.6) is 28.7 Å². The average Bonchev–Trinajstić information content (AvgIpc) is 4.30. The first-order valence-electron chi connectivity index (χ1n) is 25.9. The Morgan fingerprint density at radius 2 is 1.48 bits per heavy atom. The van der Waals surface area contributed by atoms with Crippen molar-refractivity contribution in [3.05, 3.63) is 128 Å². The second-order valence-electron chi connectivity index (χ2n) is 20.6. The molecule has 0 bridgehead atoms. The number of thiazole rings is 1. The van der Waals surface area contributed by atoms with Crippen molar-refractivity contribution in [2.24, 2.45) is 10.4 Å². The Bertz CT molecular complexity index is 3490. The van der Waals surface area contributed by atoms with Gasteiger partial charge in [-0.15, -0.1) is 23.1 Å². The highest BCUT2D eigenvalue weighted by atomic mass is 32.2. The molecule has 4 aromatic carbocycles. The Kier molecular flexibility index (Phi) is 16.0. The van der Waals surface area contributed by atoms with Crippen molar-refractivity contribution in [3.8, 4) is 28.7 Å². The molecule has 0 saturated heterocycles. The number of aliphatic carboxylic acids is 1. The normalized spacial score (nSPS) is 16.1. The number of phenols is 2. The van der Waals surface area contributed by atoms with Gasteiger partial charge in [0.1, 0.15) is 38.8 Å². The monoisotopic (exact) mass is 1130 g/mol. The molecular weight excluding hydrogens is 1070 g/mol. The van der Waals surface area contributed by atoms with Crippen molar-refractivity contribution < 1.29 is 67.9 Å². The second kappa shape index (κ2) is 22.8. The van der Waals surface area contributed by atoms with Gasteiger partial charge in [0.25, 0.3) is 5.91 Å². The number of phenolic OH excluding ortho intramolecular Hbond substituents is 2. The van der Waals surface area contributed by atoms with Crippen LogP contribution in [-0.4, -0.2) is 134 Å². The summed E-state index contributed by atoms with van der Waals surface area (Å²) in [6.07, 6.45) is 0.900. The number of hydrogen-bond acceptors (Lipinski definition) is 17. The molecule has 0 fully saturated rings. The largest absolute Gasteiger partial charge is 0.508 e. The molecule has 1 aromatic heterocycles. The molecule has 416 valence electrons. The Labute approximate surface area is 467 Å². The third-order valence-electron chi connectivity index (χ3n) is 14.6. The Balaban J connectivity index is 0.780. The summed E-state index contributed by atoms with van der Waals surface area (Å²) in [7, 11) is 1.60. The van der Waals surface area contributed by atoms with Gasteiger partial charge in [0.15, 0.2) is 23.2 Å². The predicted molar refractivity (Wildman–Crippen MR) is 297 cm³/mol. The minimum atomic E-state index is -1.48. The number of aliphatic imine (C=N–C) groups is 1. The fraction of sp³-hybridized carbons (Fsp3) is 0.345. The molecule has 1 unspecified atom stereocenters. The number of nitrogens with zero attached hydrogens (tertiary/aromatic N) is 4.